The standard InChI is InChI=1S/C25H21N5O3/c1-16-3-5-17(6-4-16)21-14-23(29-15-28-21)25(32)30-18-7-9-19(10-8-18)33-20-11-12-27-22(13-20)24(31)26-2/h3-15H,1-2H3,(H,26,31)(H,30,32). The van der Waals surface area contributed by atoms with Gasteiger partial charge in [0.25, 0.3) is 11.8 Å². The molecule has 2 N–H and O–H groups in total. The molecule has 0 aliphatic heterocycles. The average Bonchev–Trinajstić information content (AvgIpc) is 2.85. The number of rotatable bonds is 6. The number of aryl methyl sites for hydroxylation is 1. The van der Waals surface area contributed by atoms with Gasteiger partial charge in [-0.1, -0.05) is 29.8 Å². The molecule has 2 aromatic heterocycles. The van der Waals surface area contributed by atoms with Crippen LogP contribution in [0.2, 0.25) is 0 Å². The third-order valence-electron chi connectivity index (χ3n) is 4.79. The van der Waals surface area contributed by atoms with Gasteiger partial charge in [0.15, 0.2) is 0 Å². The minimum absolute atomic E-state index is 0.258. The van der Waals surface area contributed by atoms with E-state index in [1.807, 2.05) is 31.2 Å². The number of aromatic nitrogens is 3. The summed E-state index contributed by atoms with van der Waals surface area (Å²) in [6.45, 7) is 2.01. The number of ether oxygens (including phenoxy) is 1. The molecule has 0 bridgehead atoms. The molecule has 4 rings (SSSR count). The average molecular weight is 439 g/mol. The molecule has 164 valence electrons. The molecule has 0 fully saturated rings. The van der Waals surface area contributed by atoms with Crippen molar-refractivity contribution in [3.8, 4) is 22.8 Å². The molecule has 0 aliphatic rings. The van der Waals surface area contributed by atoms with Crippen LogP contribution in [-0.4, -0.2) is 33.8 Å². The Kier molecular flexibility index (Phi) is 6.36. The highest BCUT2D eigenvalue weighted by molar-refractivity contribution is 6.03. The molecule has 0 radical (unpaired) electrons. The number of benzene rings is 2. The highest BCUT2D eigenvalue weighted by Gasteiger charge is 2.11. The van der Waals surface area contributed by atoms with Crippen molar-refractivity contribution in [2.24, 2.45) is 0 Å². The van der Waals surface area contributed by atoms with Gasteiger partial charge >= 0.3 is 0 Å². The van der Waals surface area contributed by atoms with Gasteiger partial charge in [0.1, 0.15) is 29.2 Å². The van der Waals surface area contributed by atoms with E-state index in [0.717, 1.165) is 11.1 Å². The molecule has 8 heteroatoms. The SMILES string of the molecule is CNC(=O)c1cc(Oc2ccc(NC(=O)c3cc(-c4ccc(C)cc4)ncn3)cc2)ccn1. The molecule has 33 heavy (non-hydrogen) atoms. The predicted molar refractivity (Wildman–Crippen MR) is 124 cm³/mol. The fourth-order valence-corrected chi connectivity index (χ4v) is 3.03. The largest absolute Gasteiger partial charge is 0.457 e. The minimum atomic E-state index is -0.344. The second kappa shape index (κ2) is 9.69. The third kappa shape index (κ3) is 5.37. The molecular weight excluding hydrogens is 418 g/mol. The zero-order valence-corrected chi connectivity index (χ0v) is 18.1. The fourth-order valence-electron chi connectivity index (χ4n) is 3.03. The van der Waals surface area contributed by atoms with Crippen molar-refractivity contribution in [3.63, 3.8) is 0 Å². The van der Waals surface area contributed by atoms with E-state index in [-0.39, 0.29) is 23.2 Å². The first-order chi connectivity index (χ1) is 16.0. The number of hydrogen-bond acceptors (Lipinski definition) is 6. The van der Waals surface area contributed by atoms with Crippen molar-refractivity contribution in [1.82, 2.24) is 20.3 Å². The molecule has 0 aliphatic carbocycles. The summed E-state index contributed by atoms with van der Waals surface area (Å²) < 4.78 is 5.78. The van der Waals surface area contributed by atoms with Crippen LogP contribution in [-0.2, 0) is 0 Å². The summed E-state index contributed by atoms with van der Waals surface area (Å²) in [4.78, 5) is 36.8. The maximum absolute atomic E-state index is 12.7. The van der Waals surface area contributed by atoms with Crippen molar-refractivity contribution in [2.45, 2.75) is 6.92 Å². The summed E-state index contributed by atoms with van der Waals surface area (Å²) in [6, 6.07) is 19.6. The highest BCUT2D eigenvalue weighted by Crippen LogP contribution is 2.24. The van der Waals surface area contributed by atoms with Crippen LogP contribution in [0.15, 0.2) is 79.3 Å². The van der Waals surface area contributed by atoms with E-state index in [2.05, 4.69) is 25.6 Å². The molecule has 0 unspecified atom stereocenters. The van der Waals surface area contributed by atoms with E-state index in [1.165, 1.54) is 19.6 Å². The zero-order valence-electron chi connectivity index (χ0n) is 18.1. The van der Waals surface area contributed by atoms with Crippen molar-refractivity contribution in [2.75, 3.05) is 12.4 Å². The second-order valence-electron chi connectivity index (χ2n) is 7.19. The Morgan fingerprint density at radius 3 is 2.24 bits per heavy atom. The molecule has 0 atom stereocenters. The van der Waals surface area contributed by atoms with Crippen LogP contribution in [0, 0.1) is 6.92 Å². The van der Waals surface area contributed by atoms with Crippen LogP contribution in [0.4, 0.5) is 5.69 Å². The van der Waals surface area contributed by atoms with E-state index >= 15 is 0 Å². The predicted octanol–water partition coefficient (Wildman–Crippen LogP) is 4.25. The first kappa shape index (κ1) is 21.6. The monoisotopic (exact) mass is 439 g/mol. The molecule has 8 nitrogen and oxygen atoms in total. The molecule has 2 amide bonds. The molecule has 2 heterocycles. The van der Waals surface area contributed by atoms with Gasteiger partial charge in [-0.2, -0.15) is 0 Å². The number of anilines is 1. The summed E-state index contributed by atoms with van der Waals surface area (Å²) in [6.07, 6.45) is 2.88. The summed E-state index contributed by atoms with van der Waals surface area (Å²) in [5, 5.41) is 5.34. The van der Waals surface area contributed by atoms with Crippen molar-refractivity contribution >= 4 is 17.5 Å². The van der Waals surface area contributed by atoms with Crippen molar-refractivity contribution < 1.29 is 14.3 Å². The lowest BCUT2D eigenvalue weighted by atomic mass is 10.1. The van der Waals surface area contributed by atoms with E-state index < -0.39 is 0 Å². The van der Waals surface area contributed by atoms with Gasteiger partial charge in [0.05, 0.1) is 5.69 Å². The first-order valence-corrected chi connectivity index (χ1v) is 10.2. The van der Waals surface area contributed by atoms with Crippen LogP contribution in [0.1, 0.15) is 26.5 Å². The maximum Gasteiger partial charge on any atom is 0.274 e. The lowest BCUT2D eigenvalue weighted by Crippen LogP contribution is -2.18. The normalized spacial score (nSPS) is 10.4. The summed E-state index contributed by atoms with van der Waals surface area (Å²) in [5.74, 6) is 0.383. The molecule has 0 spiro atoms. The van der Waals surface area contributed by atoms with Crippen LogP contribution < -0.4 is 15.4 Å². The van der Waals surface area contributed by atoms with Crippen LogP contribution in [0.3, 0.4) is 0 Å². The van der Waals surface area contributed by atoms with Gasteiger partial charge in [-0.05, 0) is 43.3 Å². The van der Waals surface area contributed by atoms with Crippen LogP contribution in [0.25, 0.3) is 11.3 Å². The number of hydrogen-bond donors (Lipinski definition) is 2. The number of carbonyl (C=O) groups excluding carboxylic acids is 2. The second-order valence-corrected chi connectivity index (χ2v) is 7.19. The minimum Gasteiger partial charge on any atom is -0.457 e. The Hall–Kier alpha value is -4.59. The summed E-state index contributed by atoms with van der Waals surface area (Å²) in [5.41, 5.74) is 3.84. The molecule has 0 saturated heterocycles. The number of carbonyl (C=O) groups is 2. The Morgan fingerprint density at radius 1 is 0.788 bits per heavy atom. The van der Waals surface area contributed by atoms with Crippen molar-refractivity contribution in [1.29, 1.82) is 0 Å². The van der Waals surface area contributed by atoms with E-state index in [0.29, 0.717) is 22.9 Å². The van der Waals surface area contributed by atoms with Gasteiger partial charge in [0, 0.05) is 30.6 Å². The lowest BCUT2D eigenvalue weighted by Gasteiger charge is -2.09. The van der Waals surface area contributed by atoms with Gasteiger partial charge in [-0.3, -0.25) is 14.6 Å². The Bertz CT molecular complexity index is 1290. The van der Waals surface area contributed by atoms with Gasteiger partial charge in [-0.25, -0.2) is 9.97 Å². The summed E-state index contributed by atoms with van der Waals surface area (Å²) >= 11 is 0. The molecule has 0 saturated carbocycles. The third-order valence-corrected chi connectivity index (χ3v) is 4.79. The molecular formula is C25H21N5O3. The number of nitrogens with zero attached hydrogens (tertiary/aromatic N) is 3. The Morgan fingerprint density at radius 2 is 1.52 bits per heavy atom. The Balaban J connectivity index is 1.43. The van der Waals surface area contributed by atoms with E-state index in [1.54, 1.807) is 42.5 Å². The Labute approximate surface area is 190 Å². The maximum atomic E-state index is 12.7. The first-order valence-electron chi connectivity index (χ1n) is 10.2. The van der Waals surface area contributed by atoms with Crippen LogP contribution in [0.5, 0.6) is 11.5 Å². The molecule has 4 aromatic rings. The number of amides is 2. The topological polar surface area (TPSA) is 106 Å². The number of pyridine rings is 1. The highest BCUT2D eigenvalue weighted by atomic mass is 16.5. The summed E-state index contributed by atoms with van der Waals surface area (Å²) in [7, 11) is 1.54. The fraction of sp³-hybridized carbons (Fsp3) is 0.0800. The number of nitrogens with one attached hydrogen (secondary N) is 2. The van der Waals surface area contributed by atoms with E-state index in [4.69, 9.17) is 4.74 Å². The van der Waals surface area contributed by atoms with Gasteiger partial charge in [-0.15, -0.1) is 0 Å². The zero-order chi connectivity index (χ0) is 23.2. The van der Waals surface area contributed by atoms with Crippen molar-refractivity contribution in [3.05, 3.63) is 96.2 Å². The molecule has 2 aromatic carbocycles. The van der Waals surface area contributed by atoms with Crippen LogP contribution >= 0.6 is 0 Å². The quantitative estimate of drug-likeness (QED) is 0.465. The smallest absolute Gasteiger partial charge is 0.274 e. The van der Waals surface area contributed by atoms with Gasteiger partial charge in [0.2, 0.25) is 0 Å². The van der Waals surface area contributed by atoms with E-state index in [9.17, 15) is 9.59 Å². The van der Waals surface area contributed by atoms with Gasteiger partial charge < -0.3 is 15.4 Å². The lowest BCUT2D eigenvalue weighted by molar-refractivity contribution is 0.0957.